The number of aliphatic hydroxyl groups excluding tert-OH is 1. The Morgan fingerprint density at radius 2 is 1.83 bits per heavy atom. The van der Waals surface area contributed by atoms with Gasteiger partial charge in [-0.05, 0) is 30.9 Å². The number of hydrogen-bond donors (Lipinski definition) is 1. The van der Waals surface area contributed by atoms with Gasteiger partial charge in [0.15, 0.2) is 0 Å². The van der Waals surface area contributed by atoms with Crippen molar-refractivity contribution in [3.05, 3.63) is 0 Å². The number of piperidine rings is 1. The number of aliphatic hydroxyl groups is 1. The van der Waals surface area contributed by atoms with Gasteiger partial charge >= 0.3 is 5.37 Å². The third kappa shape index (κ3) is 4.80. The largest absolute Gasteiger partial charge is 0.443 e. The smallest absolute Gasteiger partial charge is 0.316 e. The summed E-state index contributed by atoms with van der Waals surface area (Å²) < 4.78 is 0. The van der Waals surface area contributed by atoms with Crippen LogP contribution in [0.15, 0.2) is 0 Å². The van der Waals surface area contributed by atoms with Crippen molar-refractivity contribution in [2.45, 2.75) is 19.3 Å². The van der Waals surface area contributed by atoms with Gasteiger partial charge in [-0.25, -0.2) is 0 Å². The predicted octanol–water partition coefficient (Wildman–Crippen LogP) is 1.67. The van der Waals surface area contributed by atoms with Gasteiger partial charge in [0.2, 0.25) is 0 Å². The quantitative estimate of drug-likeness (QED) is 0.359. The molecule has 0 saturated carbocycles. The lowest BCUT2D eigenvalue weighted by Crippen LogP contribution is -2.31. The van der Waals surface area contributed by atoms with E-state index in [1.165, 1.54) is 6.42 Å². The topological polar surface area (TPSA) is 64.3 Å². The Kier molecular flexibility index (Phi) is 6.21. The molecule has 1 aliphatic rings. The number of hydrogen-bond acceptors (Lipinski definition) is 3. The third-order valence-electron chi connectivity index (χ3n) is 1.60. The molecule has 1 saturated heterocycles. The van der Waals surface area contributed by atoms with Gasteiger partial charge in [0.25, 0.3) is 6.26 Å². The Hall–Kier alpha value is -0.950. The van der Waals surface area contributed by atoms with E-state index in [0.717, 1.165) is 32.2 Å². The van der Waals surface area contributed by atoms with Crippen molar-refractivity contribution in [3.63, 3.8) is 0 Å². The maximum Gasteiger partial charge on any atom is 0.316 e. The van der Waals surface area contributed by atoms with Gasteiger partial charge in [0.05, 0.1) is 0 Å². The first kappa shape index (κ1) is 11.1. The number of likely N-dealkylation sites (tertiary alicyclic amines) is 1. The van der Waals surface area contributed by atoms with Gasteiger partial charge in [-0.3, -0.25) is 4.79 Å². The summed E-state index contributed by atoms with van der Waals surface area (Å²) in [5.74, 6) is 0. The van der Waals surface area contributed by atoms with Crippen LogP contribution in [0.25, 0.3) is 0 Å². The first-order valence-electron chi connectivity index (χ1n) is 3.70. The van der Waals surface area contributed by atoms with Crippen molar-refractivity contribution >= 4 is 17.0 Å². The molecule has 1 rings (SSSR count). The summed E-state index contributed by atoms with van der Waals surface area (Å²) in [5.41, 5.74) is 0. The number of nitrogens with zero attached hydrogens (tertiary/aromatic N) is 2. The molecule has 0 aliphatic carbocycles. The molecule has 0 radical (unpaired) electrons. The van der Waals surface area contributed by atoms with E-state index in [9.17, 15) is 4.79 Å². The molecule has 0 aromatic rings. The van der Waals surface area contributed by atoms with Crippen molar-refractivity contribution in [2.24, 2.45) is 0 Å². The number of amides is 1. The highest BCUT2D eigenvalue weighted by Gasteiger charge is 2.12. The molecule has 1 amide bonds. The second kappa shape index (κ2) is 6.74. The van der Waals surface area contributed by atoms with Crippen LogP contribution in [0.3, 0.4) is 0 Å². The monoisotopic (exact) mass is 190 g/mol. The molecule has 0 aromatic carbocycles. The van der Waals surface area contributed by atoms with Crippen molar-refractivity contribution in [2.75, 3.05) is 13.1 Å². The van der Waals surface area contributed by atoms with Crippen LogP contribution in [0, 0.1) is 11.5 Å². The van der Waals surface area contributed by atoms with Gasteiger partial charge in [-0.1, -0.05) is 0 Å². The van der Waals surface area contributed by atoms with Crippen LogP contribution in [0.5, 0.6) is 0 Å². The molecule has 5 heteroatoms. The molecule has 0 atom stereocenters. The molecule has 0 spiro atoms. The van der Waals surface area contributed by atoms with Crippen LogP contribution in [-0.4, -0.2) is 28.5 Å². The molecule has 1 fully saturated rings. The van der Waals surface area contributed by atoms with Crippen LogP contribution in [0.1, 0.15) is 19.3 Å². The molecule has 68 valence electrons. The second-order valence-corrected chi connectivity index (χ2v) is 2.72. The Labute approximate surface area is 76.3 Å². The lowest BCUT2D eigenvalue weighted by atomic mass is 10.1. The van der Waals surface area contributed by atoms with Crippen LogP contribution in [-0.2, 0) is 0 Å². The zero-order valence-corrected chi connectivity index (χ0v) is 7.42. The number of halogens is 1. The zero-order valence-electron chi connectivity index (χ0n) is 6.66. The molecule has 0 aromatic heterocycles. The first-order valence-corrected chi connectivity index (χ1v) is 4.07. The summed E-state index contributed by atoms with van der Waals surface area (Å²) in [4.78, 5) is 12.2. The van der Waals surface area contributed by atoms with E-state index >= 15 is 0 Å². The number of nitriles is 1. The molecule has 1 N–H and O–H groups in total. The SMILES string of the molecule is N#CO.O=C(Cl)N1CCCCC1. The fraction of sp³-hybridized carbons (Fsp3) is 0.714. The number of carbonyl (C=O) groups excluding carboxylic acids is 1. The molecule has 1 heterocycles. The maximum atomic E-state index is 10.5. The van der Waals surface area contributed by atoms with E-state index in [1.807, 2.05) is 0 Å². The van der Waals surface area contributed by atoms with Gasteiger partial charge in [0.1, 0.15) is 0 Å². The van der Waals surface area contributed by atoms with Crippen LogP contribution in [0.4, 0.5) is 4.79 Å². The second-order valence-electron chi connectivity index (χ2n) is 2.40. The minimum absolute atomic E-state index is 0.297. The molecule has 1 aliphatic heterocycles. The number of carbonyl (C=O) groups is 1. The molecular formula is C7H11ClN2O2. The van der Waals surface area contributed by atoms with E-state index in [-0.39, 0.29) is 5.37 Å². The van der Waals surface area contributed by atoms with Crippen LogP contribution < -0.4 is 0 Å². The fourth-order valence-corrected chi connectivity index (χ4v) is 1.24. The average Bonchev–Trinajstić information content (AvgIpc) is 2.07. The Morgan fingerprint density at radius 3 is 2.08 bits per heavy atom. The van der Waals surface area contributed by atoms with Crippen LogP contribution in [0.2, 0.25) is 0 Å². The highest BCUT2D eigenvalue weighted by molar-refractivity contribution is 6.62. The van der Waals surface area contributed by atoms with Gasteiger partial charge in [-0.2, -0.15) is 5.26 Å². The summed E-state index contributed by atoms with van der Waals surface area (Å²) in [5, 5.41) is 13.5. The van der Waals surface area contributed by atoms with Crippen molar-refractivity contribution in [1.82, 2.24) is 4.90 Å². The van der Waals surface area contributed by atoms with Crippen molar-refractivity contribution in [3.8, 4) is 6.26 Å². The van der Waals surface area contributed by atoms with E-state index < -0.39 is 0 Å². The van der Waals surface area contributed by atoms with Crippen LogP contribution >= 0.6 is 11.6 Å². The van der Waals surface area contributed by atoms with Gasteiger partial charge < -0.3 is 10.0 Å². The summed E-state index contributed by atoms with van der Waals surface area (Å²) in [6, 6.07) is 0. The molecule has 4 nitrogen and oxygen atoms in total. The Bertz CT molecular complexity index is 173. The van der Waals surface area contributed by atoms with Gasteiger partial charge in [0, 0.05) is 13.1 Å². The van der Waals surface area contributed by atoms with E-state index in [0.29, 0.717) is 0 Å². The summed E-state index contributed by atoms with van der Waals surface area (Å²) >= 11 is 5.24. The van der Waals surface area contributed by atoms with E-state index in [2.05, 4.69) is 0 Å². The third-order valence-corrected chi connectivity index (χ3v) is 1.84. The molecule has 0 unspecified atom stereocenters. The zero-order chi connectivity index (χ0) is 9.40. The van der Waals surface area contributed by atoms with Crippen molar-refractivity contribution < 1.29 is 9.90 Å². The summed E-state index contributed by atoms with van der Waals surface area (Å²) in [6.45, 7) is 1.70. The van der Waals surface area contributed by atoms with Gasteiger partial charge in [-0.15, -0.1) is 0 Å². The van der Waals surface area contributed by atoms with Crippen molar-refractivity contribution in [1.29, 1.82) is 5.26 Å². The van der Waals surface area contributed by atoms with E-state index in [4.69, 9.17) is 22.0 Å². The minimum Gasteiger partial charge on any atom is -0.443 e. The summed E-state index contributed by atoms with van der Waals surface area (Å²) in [6.07, 6.45) is 4.21. The molecule has 0 bridgehead atoms. The Morgan fingerprint density at radius 1 is 1.42 bits per heavy atom. The van der Waals surface area contributed by atoms with E-state index in [1.54, 1.807) is 4.90 Å². The average molecular weight is 191 g/mol. The standard InChI is InChI=1S/C6H10ClNO.CHNO/c7-6(9)8-4-2-1-3-5-8;2-1-3/h1-5H2;3H. The Balaban J connectivity index is 0.000000354. The fourth-order valence-electron chi connectivity index (χ4n) is 1.07. The molecule has 12 heavy (non-hydrogen) atoms. The highest BCUT2D eigenvalue weighted by Crippen LogP contribution is 2.09. The minimum atomic E-state index is -0.297. The predicted molar refractivity (Wildman–Crippen MR) is 44.2 cm³/mol. The first-order chi connectivity index (χ1) is 5.72. The lowest BCUT2D eigenvalue weighted by molar-refractivity contribution is 0.210. The normalized spacial score (nSPS) is 15.5. The molecular weight excluding hydrogens is 180 g/mol. The summed E-state index contributed by atoms with van der Waals surface area (Å²) in [7, 11) is 0. The lowest BCUT2D eigenvalue weighted by Gasteiger charge is -2.23. The highest BCUT2D eigenvalue weighted by atomic mass is 35.5. The number of rotatable bonds is 0. The maximum absolute atomic E-state index is 10.5.